The fourth-order valence-electron chi connectivity index (χ4n) is 2.48. The molecule has 3 heteroatoms. The first-order valence-electron chi connectivity index (χ1n) is 6.84. The molecular weight excluding hydrogens is 228 g/mol. The molecule has 1 atom stereocenters. The van der Waals surface area contributed by atoms with E-state index in [-0.39, 0.29) is 0 Å². The van der Waals surface area contributed by atoms with Crippen molar-refractivity contribution < 1.29 is 0 Å². The summed E-state index contributed by atoms with van der Waals surface area (Å²) in [6, 6.07) is 4.35. The van der Waals surface area contributed by atoms with Gasteiger partial charge in [0.25, 0.3) is 0 Å². The molecule has 0 aromatic carbocycles. The minimum absolute atomic E-state index is 0.959. The Morgan fingerprint density at radius 2 is 2.41 bits per heavy atom. The summed E-state index contributed by atoms with van der Waals surface area (Å²) in [5.74, 6) is 0.959. The highest BCUT2D eigenvalue weighted by Crippen LogP contribution is 2.18. The van der Waals surface area contributed by atoms with Gasteiger partial charge in [0, 0.05) is 31.1 Å². The third-order valence-electron chi connectivity index (χ3n) is 3.68. The van der Waals surface area contributed by atoms with Crippen molar-refractivity contribution in [2.75, 3.05) is 32.7 Å². The van der Waals surface area contributed by atoms with Crippen molar-refractivity contribution in [1.82, 2.24) is 10.2 Å². The molecule has 1 unspecified atom stereocenters. The zero-order chi connectivity index (χ0) is 11.9. The van der Waals surface area contributed by atoms with Crippen molar-refractivity contribution in [3.63, 3.8) is 0 Å². The van der Waals surface area contributed by atoms with Crippen LogP contribution in [0.5, 0.6) is 0 Å². The Labute approximate surface area is 109 Å². The van der Waals surface area contributed by atoms with Crippen LogP contribution in [-0.2, 0) is 6.42 Å². The van der Waals surface area contributed by atoms with Crippen molar-refractivity contribution in [1.29, 1.82) is 0 Å². The molecule has 0 aliphatic carbocycles. The lowest BCUT2D eigenvalue weighted by atomic mass is 10.1. The van der Waals surface area contributed by atoms with Crippen LogP contribution in [0.4, 0.5) is 0 Å². The first-order valence-corrected chi connectivity index (χ1v) is 7.72. The second kappa shape index (κ2) is 7.14. The van der Waals surface area contributed by atoms with E-state index in [9.17, 15) is 0 Å². The monoisotopic (exact) mass is 252 g/mol. The zero-order valence-electron chi connectivity index (χ0n) is 10.8. The van der Waals surface area contributed by atoms with E-state index in [4.69, 9.17) is 0 Å². The topological polar surface area (TPSA) is 15.3 Å². The predicted octanol–water partition coefficient (Wildman–Crippen LogP) is 2.61. The van der Waals surface area contributed by atoms with E-state index in [1.807, 2.05) is 11.3 Å². The molecule has 2 nitrogen and oxygen atoms in total. The van der Waals surface area contributed by atoms with Gasteiger partial charge >= 0.3 is 0 Å². The molecule has 0 spiro atoms. The lowest BCUT2D eigenvalue weighted by molar-refractivity contribution is 0.321. The quantitative estimate of drug-likeness (QED) is 0.751. The molecular formula is C14H24N2S. The number of hydrogen-bond donors (Lipinski definition) is 1. The molecule has 1 aromatic heterocycles. The second-order valence-corrected chi connectivity index (χ2v) is 5.98. The Bertz CT molecular complexity index is 297. The zero-order valence-corrected chi connectivity index (χ0v) is 11.6. The molecule has 2 heterocycles. The van der Waals surface area contributed by atoms with Crippen LogP contribution in [0.3, 0.4) is 0 Å². The van der Waals surface area contributed by atoms with Crippen LogP contribution >= 0.6 is 11.3 Å². The average molecular weight is 252 g/mol. The Hall–Kier alpha value is -0.380. The standard InChI is InChI=1S/C14H24N2S/c1-2-13-6-9-16(12-13)10-8-15-7-5-14-4-3-11-17-14/h3-4,11,13,15H,2,5-10,12H2,1H3. The average Bonchev–Trinajstić information content (AvgIpc) is 2.99. The maximum atomic E-state index is 3.55. The van der Waals surface area contributed by atoms with Gasteiger partial charge in [-0.1, -0.05) is 19.4 Å². The molecule has 2 rings (SSSR count). The fraction of sp³-hybridized carbons (Fsp3) is 0.714. The van der Waals surface area contributed by atoms with Crippen molar-refractivity contribution in [2.24, 2.45) is 5.92 Å². The van der Waals surface area contributed by atoms with Crippen LogP contribution in [0.2, 0.25) is 0 Å². The Kier molecular flexibility index (Phi) is 5.49. The fourth-order valence-corrected chi connectivity index (χ4v) is 3.19. The maximum Gasteiger partial charge on any atom is 0.0107 e. The molecule has 17 heavy (non-hydrogen) atoms. The van der Waals surface area contributed by atoms with E-state index in [0.717, 1.165) is 19.0 Å². The van der Waals surface area contributed by atoms with Gasteiger partial charge in [-0.3, -0.25) is 0 Å². The van der Waals surface area contributed by atoms with Crippen LogP contribution in [-0.4, -0.2) is 37.6 Å². The first kappa shape index (κ1) is 13.1. The number of nitrogens with zero attached hydrogens (tertiary/aromatic N) is 1. The van der Waals surface area contributed by atoms with Crippen molar-refractivity contribution in [3.05, 3.63) is 22.4 Å². The van der Waals surface area contributed by atoms with Crippen LogP contribution in [0.1, 0.15) is 24.6 Å². The van der Waals surface area contributed by atoms with E-state index >= 15 is 0 Å². The van der Waals surface area contributed by atoms with Crippen LogP contribution in [0.15, 0.2) is 17.5 Å². The molecule has 1 aliphatic rings. The summed E-state index contributed by atoms with van der Waals surface area (Å²) >= 11 is 1.86. The molecule has 0 saturated carbocycles. The largest absolute Gasteiger partial charge is 0.315 e. The number of rotatable bonds is 7. The lowest BCUT2D eigenvalue weighted by Gasteiger charge is -2.15. The molecule has 0 amide bonds. The minimum atomic E-state index is 0.959. The number of nitrogens with one attached hydrogen (secondary N) is 1. The first-order chi connectivity index (χ1) is 8.38. The van der Waals surface area contributed by atoms with Gasteiger partial charge in [0.1, 0.15) is 0 Å². The summed E-state index contributed by atoms with van der Waals surface area (Å²) in [6.07, 6.45) is 3.93. The third-order valence-corrected chi connectivity index (χ3v) is 4.62. The summed E-state index contributed by atoms with van der Waals surface area (Å²) < 4.78 is 0. The Morgan fingerprint density at radius 3 is 3.12 bits per heavy atom. The van der Waals surface area contributed by atoms with Crippen molar-refractivity contribution >= 4 is 11.3 Å². The third kappa shape index (κ3) is 4.41. The molecule has 1 fully saturated rings. The number of likely N-dealkylation sites (tertiary alicyclic amines) is 1. The van der Waals surface area contributed by atoms with Gasteiger partial charge in [-0.25, -0.2) is 0 Å². The number of thiophene rings is 1. The summed E-state index contributed by atoms with van der Waals surface area (Å²) in [4.78, 5) is 4.09. The molecule has 1 aliphatic heterocycles. The Morgan fingerprint density at radius 1 is 1.47 bits per heavy atom. The van der Waals surface area contributed by atoms with Gasteiger partial charge in [-0.15, -0.1) is 11.3 Å². The molecule has 1 aromatic rings. The van der Waals surface area contributed by atoms with Gasteiger partial charge in [-0.05, 0) is 36.8 Å². The minimum Gasteiger partial charge on any atom is -0.315 e. The number of hydrogen-bond acceptors (Lipinski definition) is 3. The van der Waals surface area contributed by atoms with E-state index < -0.39 is 0 Å². The molecule has 1 N–H and O–H groups in total. The summed E-state index contributed by atoms with van der Waals surface area (Å²) in [7, 11) is 0. The van der Waals surface area contributed by atoms with Gasteiger partial charge in [0.05, 0.1) is 0 Å². The summed E-state index contributed by atoms with van der Waals surface area (Å²) in [5.41, 5.74) is 0. The van der Waals surface area contributed by atoms with Gasteiger partial charge < -0.3 is 10.2 Å². The van der Waals surface area contributed by atoms with E-state index in [0.29, 0.717) is 0 Å². The van der Waals surface area contributed by atoms with Crippen LogP contribution < -0.4 is 5.32 Å². The highest BCUT2D eigenvalue weighted by Gasteiger charge is 2.19. The summed E-state index contributed by atoms with van der Waals surface area (Å²) in [5, 5.41) is 5.71. The summed E-state index contributed by atoms with van der Waals surface area (Å²) in [6.45, 7) is 8.43. The molecule has 96 valence electrons. The second-order valence-electron chi connectivity index (χ2n) is 4.94. The highest BCUT2D eigenvalue weighted by atomic mass is 32.1. The van der Waals surface area contributed by atoms with Crippen LogP contribution in [0.25, 0.3) is 0 Å². The van der Waals surface area contributed by atoms with E-state index in [2.05, 4.69) is 34.7 Å². The molecule has 0 radical (unpaired) electrons. The van der Waals surface area contributed by atoms with Crippen LogP contribution in [0, 0.1) is 5.92 Å². The van der Waals surface area contributed by atoms with Gasteiger partial charge in [0.15, 0.2) is 0 Å². The van der Waals surface area contributed by atoms with Crippen molar-refractivity contribution in [3.8, 4) is 0 Å². The molecule has 0 bridgehead atoms. The smallest absolute Gasteiger partial charge is 0.0107 e. The SMILES string of the molecule is CCC1CCN(CCNCCc2cccs2)C1. The van der Waals surface area contributed by atoms with Crippen molar-refractivity contribution in [2.45, 2.75) is 26.2 Å². The maximum absolute atomic E-state index is 3.55. The molecule has 1 saturated heterocycles. The lowest BCUT2D eigenvalue weighted by Crippen LogP contribution is -2.31. The Balaban J connectivity index is 1.49. The van der Waals surface area contributed by atoms with Gasteiger partial charge in [0.2, 0.25) is 0 Å². The van der Waals surface area contributed by atoms with Gasteiger partial charge in [-0.2, -0.15) is 0 Å². The normalized spacial score (nSPS) is 21.1. The van der Waals surface area contributed by atoms with E-state index in [1.165, 1.54) is 43.8 Å². The highest BCUT2D eigenvalue weighted by molar-refractivity contribution is 7.09. The predicted molar refractivity (Wildman–Crippen MR) is 75.7 cm³/mol. The van der Waals surface area contributed by atoms with E-state index in [1.54, 1.807) is 0 Å².